The first-order valence-electron chi connectivity index (χ1n) is 7.78. The van der Waals surface area contributed by atoms with Crippen LogP contribution in [0.4, 0.5) is 0 Å². The summed E-state index contributed by atoms with van der Waals surface area (Å²) in [7, 11) is 0. The molecule has 114 valence electrons. The highest BCUT2D eigenvalue weighted by atomic mass is 16.1. The van der Waals surface area contributed by atoms with Gasteiger partial charge in [-0.3, -0.25) is 4.79 Å². The van der Waals surface area contributed by atoms with E-state index in [-0.39, 0.29) is 11.9 Å². The zero-order chi connectivity index (χ0) is 15.4. The van der Waals surface area contributed by atoms with E-state index in [0.29, 0.717) is 12.3 Å². The van der Waals surface area contributed by atoms with Crippen LogP contribution in [0.2, 0.25) is 0 Å². The molecule has 22 heavy (non-hydrogen) atoms. The van der Waals surface area contributed by atoms with Crippen LogP contribution in [0, 0.1) is 5.92 Å². The Balaban J connectivity index is 1.58. The summed E-state index contributed by atoms with van der Waals surface area (Å²) in [5.74, 6) is 0.537. The molecule has 4 heteroatoms. The third-order valence-electron chi connectivity index (χ3n) is 4.10. The number of aromatic nitrogens is 2. The lowest BCUT2D eigenvalue weighted by Gasteiger charge is -2.16. The van der Waals surface area contributed by atoms with Crippen LogP contribution in [0.3, 0.4) is 0 Å². The van der Waals surface area contributed by atoms with Crippen molar-refractivity contribution in [3.05, 3.63) is 60.4 Å². The first-order valence-corrected chi connectivity index (χ1v) is 7.78. The van der Waals surface area contributed by atoms with Crippen molar-refractivity contribution in [2.45, 2.75) is 32.2 Å². The zero-order valence-electron chi connectivity index (χ0n) is 12.8. The second-order valence-electron chi connectivity index (χ2n) is 5.80. The van der Waals surface area contributed by atoms with Crippen LogP contribution in [0.1, 0.15) is 37.8 Å². The molecule has 0 aliphatic heterocycles. The summed E-state index contributed by atoms with van der Waals surface area (Å²) in [6.45, 7) is 2.02. The van der Waals surface area contributed by atoms with E-state index in [1.165, 1.54) is 0 Å². The Morgan fingerprint density at radius 3 is 2.86 bits per heavy atom. The van der Waals surface area contributed by atoms with Gasteiger partial charge in [-0.25, -0.2) is 4.68 Å². The Labute approximate surface area is 130 Å². The Morgan fingerprint density at radius 1 is 1.41 bits per heavy atom. The molecule has 1 heterocycles. The van der Waals surface area contributed by atoms with Crippen LogP contribution in [-0.4, -0.2) is 15.7 Å². The van der Waals surface area contributed by atoms with E-state index in [1.54, 1.807) is 6.20 Å². The molecule has 2 atom stereocenters. The Hall–Kier alpha value is -2.36. The summed E-state index contributed by atoms with van der Waals surface area (Å²) in [6.07, 6.45) is 10.8. The fourth-order valence-electron chi connectivity index (χ4n) is 2.82. The van der Waals surface area contributed by atoms with Gasteiger partial charge in [-0.1, -0.05) is 24.3 Å². The molecular weight excluding hydrogens is 274 g/mol. The number of hydrogen-bond acceptors (Lipinski definition) is 2. The highest BCUT2D eigenvalue weighted by Gasteiger charge is 2.16. The smallest absolute Gasteiger partial charge is 0.221 e. The van der Waals surface area contributed by atoms with Gasteiger partial charge >= 0.3 is 0 Å². The first kappa shape index (κ1) is 14.6. The van der Waals surface area contributed by atoms with Crippen LogP contribution in [0.25, 0.3) is 5.69 Å². The number of rotatable bonds is 5. The molecule has 1 aliphatic carbocycles. The van der Waals surface area contributed by atoms with E-state index in [0.717, 1.165) is 24.1 Å². The summed E-state index contributed by atoms with van der Waals surface area (Å²) in [4.78, 5) is 12.1. The third-order valence-corrected chi connectivity index (χ3v) is 4.10. The topological polar surface area (TPSA) is 46.9 Å². The molecule has 1 aromatic carbocycles. The summed E-state index contributed by atoms with van der Waals surface area (Å²) < 4.78 is 1.82. The average molecular weight is 295 g/mol. The van der Waals surface area contributed by atoms with Gasteiger partial charge < -0.3 is 5.32 Å². The molecule has 0 fully saturated rings. The molecule has 0 saturated carbocycles. The van der Waals surface area contributed by atoms with Crippen LogP contribution >= 0.6 is 0 Å². The molecule has 4 nitrogen and oxygen atoms in total. The standard InChI is InChI=1S/C18H21N3O/c1-14(20-18(22)13-15-5-2-3-6-15)16-7-9-17(10-8-16)21-12-4-11-19-21/h2,4-5,7-12,14-15H,3,6,13H2,1H3,(H,20,22)/t14-,15-/m0/s1. The fourth-order valence-corrected chi connectivity index (χ4v) is 2.82. The van der Waals surface area contributed by atoms with E-state index in [9.17, 15) is 4.79 Å². The number of allylic oxidation sites excluding steroid dienone is 2. The summed E-state index contributed by atoms with van der Waals surface area (Å²) in [6, 6.07) is 10.0. The normalized spacial score (nSPS) is 18.3. The minimum atomic E-state index is 0.0181. The Kier molecular flexibility index (Phi) is 4.37. The number of benzene rings is 1. The molecule has 2 aromatic rings. The molecule has 3 rings (SSSR count). The van der Waals surface area contributed by atoms with E-state index >= 15 is 0 Å². The minimum absolute atomic E-state index is 0.0181. The van der Waals surface area contributed by atoms with Gasteiger partial charge in [0.25, 0.3) is 0 Å². The van der Waals surface area contributed by atoms with Crippen molar-refractivity contribution in [3.63, 3.8) is 0 Å². The van der Waals surface area contributed by atoms with Crippen LogP contribution < -0.4 is 5.32 Å². The Bertz CT molecular complexity index is 643. The number of nitrogens with one attached hydrogen (secondary N) is 1. The van der Waals surface area contributed by atoms with Crippen molar-refractivity contribution in [2.75, 3.05) is 0 Å². The summed E-state index contributed by atoms with van der Waals surface area (Å²) >= 11 is 0. The highest BCUT2D eigenvalue weighted by molar-refractivity contribution is 5.77. The molecule has 1 amide bonds. The molecule has 0 saturated heterocycles. The van der Waals surface area contributed by atoms with E-state index in [1.807, 2.05) is 48.1 Å². The molecule has 0 bridgehead atoms. The van der Waals surface area contributed by atoms with Crippen molar-refractivity contribution in [3.8, 4) is 5.69 Å². The van der Waals surface area contributed by atoms with Crippen molar-refractivity contribution in [1.29, 1.82) is 0 Å². The fraction of sp³-hybridized carbons (Fsp3) is 0.333. The number of nitrogens with zero attached hydrogens (tertiary/aromatic N) is 2. The van der Waals surface area contributed by atoms with Gasteiger partial charge in [0.05, 0.1) is 11.7 Å². The van der Waals surface area contributed by atoms with E-state index < -0.39 is 0 Å². The maximum absolute atomic E-state index is 12.1. The monoisotopic (exact) mass is 295 g/mol. The maximum Gasteiger partial charge on any atom is 0.221 e. The lowest BCUT2D eigenvalue weighted by molar-refractivity contribution is -0.122. The minimum Gasteiger partial charge on any atom is -0.350 e. The number of carbonyl (C=O) groups excluding carboxylic acids is 1. The van der Waals surface area contributed by atoms with E-state index in [4.69, 9.17) is 0 Å². The van der Waals surface area contributed by atoms with Crippen molar-refractivity contribution in [1.82, 2.24) is 15.1 Å². The lowest BCUT2D eigenvalue weighted by Crippen LogP contribution is -2.27. The lowest BCUT2D eigenvalue weighted by atomic mass is 10.0. The molecule has 1 aromatic heterocycles. The van der Waals surface area contributed by atoms with Gasteiger partial charge in [0.15, 0.2) is 0 Å². The first-order chi connectivity index (χ1) is 10.7. The molecule has 0 spiro atoms. The summed E-state index contributed by atoms with van der Waals surface area (Å²) in [5, 5.41) is 7.29. The number of carbonyl (C=O) groups is 1. The molecule has 0 radical (unpaired) electrons. The van der Waals surface area contributed by atoms with Crippen LogP contribution in [0.15, 0.2) is 54.9 Å². The quantitative estimate of drug-likeness (QED) is 0.859. The van der Waals surface area contributed by atoms with Crippen molar-refractivity contribution in [2.24, 2.45) is 5.92 Å². The van der Waals surface area contributed by atoms with Crippen molar-refractivity contribution >= 4 is 5.91 Å². The third kappa shape index (κ3) is 3.45. The molecule has 0 unspecified atom stereocenters. The number of amides is 1. The predicted molar refractivity (Wildman–Crippen MR) is 86.6 cm³/mol. The van der Waals surface area contributed by atoms with Crippen molar-refractivity contribution < 1.29 is 4.79 Å². The van der Waals surface area contributed by atoms with Gasteiger partial charge in [0, 0.05) is 18.8 Å². The second-order valence-corrected chi connectivity index (χ2v) is 5.80. The zero-order valence-corrected chi connectivity index (χ0v) is 12.8. The van der Waals surface area contributed by atoms with Gasteiger partial charge in [-0.05, 0) is 49.4 Å². The molecule has 1 N–H and O–H groups in total. The van der Waals surface area contributed by atoms with Crippen LogP contribution in [0.5, 0.6) is 0 Å². The average Bonchev–Trinajstić information content (AvgIpc) is 3.20. The summed E-state index contributed by atoms with van der Waals surface area (Å²) in [5.41, 5.74) is 2.12. The second kappa shape index (κ2) is 6.60. The molecule has 1 aliphatic rings. The number of hydrogen-bond donors (Lipinski definition) is 1. The van der Waals surface area contributed by atoms with Gasteiger partial charge in [-0.15, -0.1) is 0 Å². The molecular formula is C18H21N3O. The van der Waals surface area contributed by atoms with Gasteiger partial charge in [0.1, 0.15) is 0 Å². The predicted octanol–water partition coefficient (Wildman–Crippen LogP) is 3.41. The highest BCUT2D eigenvalue weighted by Crippen LogP contribution is 2.21. The van der Waals surface area contributed by atoms with E-state index in [2.05, 4.69) is 22.6 Å². The van der Waals surface area contributed by atoms with Crippen LogP contribution in [-0.2, 0) is 4.79 Å². The SMILES string of the molecule is C[C@H](NC(=O)C[C@H]1C=CCC1)c1ccc(-n2cccn2)cc1. The Morgan fingerprint density at radius 2 is 2.23 bits per heavy atom. The van der Waals surface area contributed by atoms with Gasteiger partial charge in [-0.2, -0.15) is 5.10 Å². The largest absolute Gasteiger partial charge is 0.350 e. The maximum atomic E-state index is 12.1. The van der Waals surface area contributed by atoms with Gasteiger partial charge in [0.2, 0.25) is 5.91 Å².